The van der Waals surface area contributed by atoms with Gasteiger partial charge in [0.1, 0.15) is 0 Å². The Balaban J connectivity index is 1.91. The summed E-state index contributed by atoms with van der Waals surface area (Å²) in [4.78, 5) is 10.9. The molecule has 1 atom stereocenters. The van der Waals surface area contributed by atoms with Crippen molar-refractivity contribution in [2.75, 3.05) is 20.1 Å². The zero-order valence-electron chi connectivity index (χ0n) is 8.60. The van der Waals surface area contributed by atoms with Crippen LogP contribution in [0, 0.1) is 11.8 Å². The van der Waals surface area contributed by atoms with Crippen LogP contribution in [0.2, 0.25) is 0 Å². The monoisotopic (exact) mass is 184 g/mol. The van der Waals surface area contributed by atoms with Crippen LogP contribution in [0.5, 0.6) is 0 Å². The molecule has 0 radical (unpaired) electrons. The fraction of sp³-hybridized carbons (Fsp3) is 0.900. The summed E-state index contributed by atoms with van der Waals surface area (Å²) < 4.78 is 0. The predicted octanol–water partition coefficient (Wildman–Crippen LogP) is 0.758. The maximum atomic E-state index is 10.9. The highest BCUT2D eigenvalue weighted by Gasteiger charge is 2.27. The number of nitrogens with one attached hydrogen (secondary N) is 2. The molecule has 1 fully saturated rings. The zero-order valence-corrected chi connectivity index (χ0v) is 8.60. The van der Waals surface area contributed by atoms with Crippen LogP contribution in [-0.4, -0.2) is 26.0 Å². The number of carbonyl (C=O) groups excluding carboxylic acids is 1. The van der Waals surface area contributed by atoms with Gasteiger partial charge in [0.2, 0.25) is 5.91 Å². The minimum absolute atomic E-state index is 0.117. The SMILES string of the molecule is CNC(=O)CCNCC(C)C1CC1. The Hall–Kier alpha value is -0.570. The molecule has 0 aromatic carbocycles. The van der Waals surface area contributed by atoms with E-state index in [-0.39, 0.29) is 5.91 Å². The van der Waals surface area contributed by atoms with Crippen LogP contribution in [0.25, 0.3) is 0 Å². The quantitative estimate of drug-likeness (QED) is 0.598. The van der Waals surface area contributed by atoms with Gasteiger partial charge in [-0.15, -0.1) is 0 Å². The van der Waals surface area contributed by atoms with Crippen molar-refractivity contribution in [1.29, 1.82) is 0 Å². The van der Waals surface area contributed by atoms with Crippen LogP contribution in [0.4, 0.5) is 0 Å². The van der Waals surface area contributed by atoms with Gasteiger partial charge >= 0.3 is 0 Å². The molecule has 1 unspecified atom stereocenters. The van der Waals surface area contributed by atoms with E-state index >= 15 is 0 Å². The third-order valence-electron chi connectivity index (χ3n) is 2.70. The maximum Gasteiger partial charge on any atom is 0.221 e. The summed E-state index contributed by atoms with van der Waals surface area (Å²) in [5.74, 6) is 1.85. The van der Waals surface area contributed by atoms with Gasteiger partial charge in [-0.25, -0.2) is 0 Å². The first-order valence-corrected chi connectivity index (χ1v) is 5.15. The lowest BCUT2D eigenvalue weighted by molar-refractivity contribution is -0.120. The fourth-order valence-electron chi connectivity index (χ4n) is 1.49. The van der Waals surface area contributed by atoms with Gasteiger partial charge in [-0.3, -0.25) is 4.79 Å². The van der Waals surface area contributed by atoms with E-state index < -0.39 is 0 Å². The number of rotatable bonds is 6. The third kappa shape index (κ3) is 4.27. The van der Waals surface area contributed by atoms with Crippen molar-refractivity contribution in [3.05, 3.63) is 0 Å². The maximum absolute atomic E-state index is 10.9. The molecule has 3 heteroatoms. The molecule has 13 heavy (non-hydrogen) atoms. The van der Waals surface area contributed by atoms with Crippen molar-refractivity contribution in [3.8, 4) is 0 Å². The number of amides is 1. The first-order valence-electron chi connectivity index (χ1n) is 5.15. The van der Waals surface area contributed by atoms with Crippen LogP contribution < -0.4 is 10.6 Å². The van der Waals surface area contributed by atoms with Crippen molar-refractivity contribution < 1.29 is 4.79 Å². The lowest BCUT2D eigenvalue weighted by atomic mass is 10.1. The van der Waals surface area contributed by atoms with Crippen LogP contribution in [-0.2, 0) is 4.79 Å². The molecule has 0 aromatic heterocycles. The van der Waals surface area contributed by atoms with E-state index in [1.54, 1.807) is 7.05 Å². The molecule has 1 saturated carbocycles. The van der Waals surface area contributed by atoms with Crippen LogP contribution in [0.1, 0.15) is 26.2 Å². The van der Waals surface area contributed by atoms with E-state index in [0.717, 1.165) is 24.9 Å². The third-order valence-corrected chi connectivity index (χ3v) is 2.70. The Morgan fingerprint density at radius 2 is 2.23 bits per heavy atom. The first kappa shape index (κ1) is 10.5. The second kappa shape index (κ2) is 5.22. The van der Waals surface area contributed by atoms with Gasteiger partial charge in [0, 0.05) is 20.0 Å². The van der Waals surface area contributed by atoms with Gasteiger partial charge in [-0.2, -0.15) is 0 Å². The number of hydrogen-bond donors (Lipinski definition) is 2. The molecule has 1 rings (SSSR count). The van der Waals surface area contributed by atoms with Gasteiger partial charge < -0.3 is 10.6 Å². The average Bonchev–Trinajstić information content (AvgIpc) is 2.94. The molecule has 0 heterocycles. The summed E-state index contributed by atoms with van der Waals surface area (Å²) in [5, 5.41) is 5.92. The smallest absolute Gasteiger partial charge is 0.221 e. The van der Waals surface area contributed by atoms with Gasteiger partial charge in [0.15, 0.2) is 0 Å². The van der Waals surface area contributed by atoms with Crippen molar-refractivity contribution >= 4 is 5.91 Å². The summed E-state index contributed by atoms with van der Waals surface area (Å²) in [7, 11) is 1.68. The Bertz CT molecular complexity index is 166. The predicted molar refractivity (Wildman–Crippen MR) is 53.4 cm³/mol. The van der Waals surface area contributed by atoms with E-state index in [4.69, 9.17) is 0 Å². The van der Waals surface area contributed by atoms with Crippen LogP contribution in [0.15, 0.2) is 0 Å². The Morgan fingerprint density at radius 1 is 1.54 bits per heavy atom. The molecule has 1 aliphatic carbocycles. The summed E-state index contributed by atoms with van der Waals surface area (Å²) in [6, 6.07) is 0. The van der Waals surface area contributed by atoms with Gasteiger partial charge in [0.05, 0.1) is 0 Å². The lowest BCUT2D eigenvalue weighted by Crippen LogP contribution is -2.28. The minimum Gasteiger partial charge on any atom is -0.359 e. The topological polar surface area (TPSA) is 41.1 Å². The van der Waals surface area contributed by atoms with E-state index in [9.17, 15) is 4.79 Å². The van der Waals surface area contributed by atoms with Crippen molar-refractivity contribution in [1.82, 2.24) is 10.6 Å². The molecule has 3 nitrogen and oxygen atoms in total. The van der Waals surface area contributed by atoms with Gasteiger partial charge in [-0.05, 0) is 31.2 Å². The van der Waals surface area contributed by atoms with E-state index in [0.29, 0.717) is 6.42 Å². The summed E-state index contributed by atoms with van der Waals surface area (Å²) >= 11 is 0. The van der Waals surface area contributed by atoms with E-state index in [1.165, 1.54) is 12.8 Å². The van der Waals surface area contributed by atoms with Crippen molar-refractivity contribution in [3.63, 3.8) is 0 Å². The standard InChI is InChI=1S/C10H20N2O/c1-8(9-3-4-9)7-12-6-5-10(13)11-2/h8-9,12H,3-7H2,1-2H3,(H,11,13). The first-order chi connectivity index (χ1) is 6.24. The molecule has 0 saturated heterocycles. The molecule has 0 aromatic rings. The summed E-state index contributed by atoms with van der Waals surface area (Å²) in [6.45, 7) is 4.14. The number of hydrogen-bond acceptors (Lipinski definition) is 2. The molecule has 76 valence electrons. The van der Waals surface area contributed by atoms with E-state index in [2.05, 4.69) is 17.6 Å². The molecular formula is C10H20N2O. The van der Waals surface area contributed by atoms with Gasteiger partial charge in [0.25, 0.3) is 0 Å². The lowest BCUT2D eigenvalue weighted by Gasteiger charge is -2.10. The highest BCUT2D eigenvalue weighted by molar-refractivity contribution is 5.75. The average molecular weight is 184 g/mol. The second-order valence-corrected chi connectivity index (χ2v) is 3.94. The van der Waals surface area contributed by atoms with Crippen molar-refractivity contribution in [2.45, 2.75) is 26.2 Å². The normalized spacial score (nSPS) is 18.3. The number of carbonyl (C=O) groups is 1. The molecule has 1 aliphatic rings. The van der Waals surface area contributed by atoms with Gasteiger partial charge in [-0.1, -0.05) is 6.92 Å². The molecule has 1 amide bonds. The highest BCUT2D eigenvalue weighted by Crippen LogP contribution is 2.35. The fourth-order valence-corrected chi connectivity index (χ4v) is 1.49. The van der Waals surface area contributed by atoms with E-state index in [1.807, 2.05) is 0 Å². The van der Waals surface area contributed by atoms with Crippen LogP contribution in [0.3, 0.4) is 0 Å². The molecule has 0 bridgehead atoms. The Labute approximate surface area is 80.3 Å². The zero-order chi connectivity index (χ0) is 9.68. The van der Waals surface area contributed by atoms with Crippen molar-refractivity contribution in [2.24, 2.45) is 11.8 Å². The molecule has 0 aliphatic heterocycles. The summed E-state index contributed by atoms with van der Waals surface area (Å²) in [5.41, 5.74) is 0. The largest absolute Gasteiger partial charge is 0.359 e. The summed E-state index contributed by atoms with van der Waals surface area (Å²) in [6.07, 6.45) is 3.39. The molecule has 2 N–H and O–H groups in total. The Morgan fingerprint density at radius 3 is 2.77 bits per heavy atom. The highest BCUT2D eigenvalue weighted by atomic mass is 16.1. The second-order valence-electron chi connectivity index (χ2n) is 3.94. The molecule has 0 spiro atoms. The Kier molecular flexibility index (Phi) is 4.22. The molecular weight excluding hydrogens is 164 g/mol. The van der Waals surface area contributed by atoms with Crippen LogP contribution >= 0.6 is 0 Å². The minimum atomic E-state index is 0.117.